The summed E-state index contributed by atoms with van der Waals surface area (Å²) in [6, 6.07) is 0. The summed E-state index contributed by atoms with van der Waals surface area (Å²) in [6.07, 6.45) is 14.6. The van der Waals surface area contributed by atoms with Crippen molar-refractivity contribution >= 4 is 5.84 Å². The van der Waals surface area contributed by atoms with Gasteiger partial charge in [-0.3, -0.25) is 5.41 Å². The van der Waals surface area contributed by atoms with Gasteiger partial charge in [-0.15, -0.1) is 0 Å². The van der Waals surface area contributed by atoms with Crippen LogP contribution in [0, 0.1) is 63.7 Å². The van der Waals surface area contributed by atoms with Gasteiger partial charge in [0, 0.05) is 6.54 Å². The summed E-state index contributed by atoms with van der Waals surface area (Å²) < 4.78 is 0. The van der Waals surface area contributed by atoms with Crippen molar-refractivity contribution in [3.63, 3.8) is 0 Å². The monoisotopic (exact) mass is 400 g/mol. The molecule has 4 aliphatic carbocycles. The van der Waals surface area contributed by atoms with E-state index in [1.807, 2.05) is 0 Å². The van der Waals surface area contributed by atoms with E-state index in [4.69, 9.17) is 10.9 Å². The van der Waals surface area contributed by atoms with Crippen molar-refractivity contribution in [2.24, 2.45) is 58.0 Å². The third-order valence-electron chi connectivity index (χ3n) is 10.4. The third-order valence-corrected chi connectivity index (χ3v) is 10.4. The predicted octanol–water partition coefficient (Wildman–Crippen LogP) is 7.16. The summed E-state index contributed by atoms with van der Waals surface area (Å²) in [5.41, 5.74) is 7.90. The van der Waals surface area contributed by atoms with Crippen molar-refractivity contribution in [3.05, 3.63) is 0 Å². The molecule has 0 saturated heterocycles. The average Bonchev–Trinajstić information content (AvgIpc) is 3.08. The minimum atomic E-state index is 0.399. The van der Waals surface area contributed by atoms with Crippen LogP contribution in [-0.2, 0) is 0 Å². The van der Waals surface area contributed by atoms with Crippen molar-refractivity contribution in [3.8, 4) is 0 Å². The lowest BCUT2D eigenvalue weighted by molar-refractivity contribution is -0.0746. The van der Waals surface area contributed by atoms with Crippen LogP contribution in [0.1, 0.15) is 91.9 Å². The first kappa shape index (κ1) is 21.3. The SMILES string of the molecule is CCC1CC[C@H]2C(CCC3C2CC[C@]2(C)C(C(C)CN(N=N)C(C)=N)CCC32)C1. The third kappa shape index (κ3) is 3.67. The molecule has 4 saturated carbocycles. The molecule has 0 heterocycles. The quantitative estimate of drug-likeness (QED) is 0.218. The first-order chi connectivity index (χ1) is 13.9. The Labute approximate surface area is 178 Å². The number of hydrogen-bond acceptors (Lipinski definition) is 3. The zero-order chi connectivity index (χ0) is 20.8. The molecular weight excluding hydrogens is 356 g/mol. The van der Waals surface area contributed by atoms with Gasteiger partial charge in [-0.25, -0.2) is 5.01 Å². The van der Waals surface area contributed by atoms with E-state index in [9.17, 15) is 0 Å². The molecule has 0 aliphatic heterocycles. The van der Waals surface area contributed by atoms with Gasteiger partial charge in [-0.2, -0.15) is 5.53 Å². The van der Waals surface area contributed by atoms with E-state index < -0.39 is 0 Å². The van der Waals surface area contributed by atoms with Gasteiger partial charge in [0.1, 0.15) is 5.84 Å². The van der Waals surface area contributed by atoms with Gasteiger partial charge in [0.25, 0.3) is 0 Å². The molecule has 2 N–H and O–H groups in total. The fourth-order valence-electron chi connectivity index (χ4n) is 8.95. The average molecular weight is 401 g/mol. The smallest absolute Gasteiger partial charge is 0.115 e. The molecular formula is C25H44N4. The Morgan fingerprint density at radius 1 is 1.07 bits per heavy atom. The van der Waals surface area contributed by atoms with Crippen LogP contribution in [0.4, 0.5) is 0 Å². The lowest BCUT2D eigenvalue weighted by Gasteiger charge is -2.57. The van der Waals surface area contributed by atoms with Crippen LogP contribution >= 0.6 is 0 Å². The van der Waals surface area contributed by atoms with Crippen LogP contribution in [0.15, 0.2) is 5.22 Å². The molecule has 4 heteroatoms. The van der Waals surface area contributed by atoms with E-state index in [2.05, 4.69) is 26.0 Å². The van der Waals surface area contributed by atoms with E-state index in [1.165, 1.54) is 64.2 Å². The second-order valence-corrected chi connectivity index (χ2v) is 11.5. The summed E-state index contributed by atoms with van der Waals surface area (Å²) >= 11 is 0. The summed E-state index contributed by atoms with van der Waals surface area (Å²) in [7, 11) is 0. The second kappa shape index (κ2) is 8.30. The molecule has 0 aromatic rings. The van der Waals surface area contributed by atoms with Gasteiger partial charge in [0.15, 0.2) is 0 Å². The second-order valence-electron chi connectivity index (χ2n) is 11.5. The predicted molar refractivity (Wildman–Crippen MR) is 119 cm³/mol. The van der Waals surface area contributed by atoms with Crippen LogP contribution in [-0.4, -0.2) is 17.4 Å². The van der Waals surface area contributed by atoms with E-state index in [1.54, 1.807) is 11.9 Å². The maximum Gasteiger partial charge on any atom is 0.115 e. The number of rotatable bonds is 5. The Kier molecular flexibility index (Phi) is 6.10. The molecule has 9 atom stereocenters. The van der Waals surface area contributed by atoms with Crippen molar-refractivity contribution < 1.29 is 0 Å². The van der Waals surface area contributed by atoms with Crippen LogP contribution in [0.25, 0.3) is 0 Å². The van der Waals surface area contributed by atoms with E-state index in [-0.39, 0.29) is 0 Å². The Morgan fingerprint density at radius 3 is 2.52 bits per heavy atom. The van der Waals surface area contributed by atoms with E-state index in [0.29, 0.717) is 17.2 Å². The minimum absolute atomic E-state index is 0.399. The molecule has 0 radical (unpaired) electrons. The number of nitrogens with zero attached hydrogens (tertiary/aromatic N) is 2. The molecule has 0 amide bonds. The molecule has 0 spiro atoms. The number of nitrogens with one attached hydrogen (secondary N) is 2. The lowest BCUT2D eigenvalue weighted by Crippen LogP contribution is -2.49. The van der Waals surface area contributed by atoms with Gasteiger partial charge < -0.3 is 0 Å². The molecule has 4 fully saturated rings. The number of hydrogen-bond donors (Lipinski definition) is 2. The zero-order valence-electron chi connectivity index (χ0n) is 19.3. The topological polar surface area (TPSA) is 63.3 Å². The van der Waals surface area contributed by atoms with Gasteiger partial charge in [-0.05, 0) is 111 Å². The van der Waals surface area contributed by atoms with Crippen LogP contribution in [0.2, 0.25) is 0 Å². The van der Waals surface area contributed by atoms with Gasteiger partial charge in [-0.1, -0.05) is 38.8 Å². The van der Waals surface area contributed by atoms with Crippen molar-refractivity contribution in [1.29, 1.82) is 10.9 Å². The Bertz CT molecular complexity index is 618. The van der Waals surface area contributed by atoms with Crippen LogP contribution in [0.5, 0.6) is 0 Å². The number of fused-ring (bicyclic) bond motifs is 5. The van der Waals surface area contributed by atoms with Gasteiger partial charge in [0.2, 0.25) is 0 Å². The molecule has 164 valence electrons. The Balaban J connectivity index is 1.46. The summed E-state index contributed by atoms with van der Waals surface area (Å²) in [6.45, 7) is 9.86. The molecule has 4 rings (SSSR count). The maximum absolute atomic E-state index is 7.89. The molecule has 0 aromatic carbocycles. The van der Waals surface area contributed by atoms with Crippen molar-refractivity contribution in [1.82, 2.24) is 5.01 Å². The highest BCUT2D eigenvalue weighted by atomic mass is 15.5. The molecule has 29 heavy (non-hydrogen) atoms. The molecule has 4 aliphatic rings. The maximum atomic E-state index is 7.89. The summed E-state index contributed by atoms with van der Waals surface area (Å²) in [5, 5.41) is 13.1. The van der Waals surface area contributed by atoms with Gasteiger partial charge >= 0.3 is 0 Å². The first-order valence-corrected chi connectivity index (χ1v) is 12.6. The lowest BCUT2D eigenvalue weighted by atomic mass is 9.48. The molecule has 0 bridgehead atoms. The van der Waals surface area contributed by atoms with Crippen LogP contribution in [0.3, 0.4) is 0 Å². The van der Waals surface area contributed by atoms with Crippen molar-refractivity contribution in [2.45, 2.75) is 91.9 Å². The normalized spacial score (nSPS) is 44.9. The van der Waals surface area contributed by atoms with E-state index in [0.717, 1.165) is 48.0 Å². The molecule has 0 aromatic heterocycles. The minimum Gasteiger partial charge on any atom is -0.287 e. The fourth-order valence-corrected chi connectivity index (χ4v) is 8.95. The van der Waals surface area contributed by atoms with Crippen molar-refractivity contribution in [2.75, 3.05) is 6.54 Å². The molecule has 4 nitrogen and oxygen atoms in total. The summed E-state index contributed by atoms with van der Waals surface area (Å²) in [4.78, 5) is 0. The largest absolute Gasteiger partial charge is 0.287 e. The van der Waals surface area contributed by atoms with Gasteiger partial charge in [0.05, 0.1) is 0 Å². The highest BCUT2D eigenvalue weighted by Crippen LogP contribution is 2.65. The standard InChI is InChI=1S/C25H44N4/c1-5-18-6-8-20-19(14-18)7-9-22-21(20)12-13-25(4)23(10-11-24(22)25)16(2)15-29(28-27)17(3)26/h16,18-24,26-27H,5-15H2,1-4H3/t16?,18?,19?,20-,21?,22?,23?,24?,25+/m0/s1. The fraction of sp³-hybridized carbons (Fsp3) is 0.960. The highest BCUT2D eigenvalue weighted by molar-refractivity contribution is 5.75. The van der Waals surface area contributed by atoms with Crippen LogP contribution < -0.4 is 0 Å². The zero-order valence-corrected chi connectivity index (χ0v) is 19.3. The molecule has 7 unspecified atom stereocenters. The highest BCUT2D eigenvalue weighted by Gasteiger charge is 2.57. The van der Waals surface area contributed by atoms with E-state index >= 15 is 0 Å². The first-order valence-electron chi connectivity index (χ1n) is 12.6. The number of amidine groups is 1. The Morgan fingerprint density at radius 2 is 1.83 bits per heavy atom. The Hall–Kier alpha value is -0.930. The summed E-state index contributed by atoms with van der Waals surface area (Å²) in [5.74, 6) is 7.64.